The van der Waals surface area contributed by atoms with Crippen LogP contribution in [0.4, 0.5) is 0 Å². The number of aromatic nitrogens is 2. The fourth-order valence-electron chi connectivity index (χ4n) is 1.17. The van der Waals surface area contributed by atoms with Crippen molar-refractivity contribution < 1.29 is 9.32 Å². The van der Waals surface area contributed by atoms with Crippen molar-refractivity contribution in [2.45, 2.75) is 31.3 Å². The number of nitrogens with two attached hydrogens (primary N) is 1. The summed E-state index contributed by atoms with van der Waals surface area (Å²) in [6.45, 7) is 0. The summed E-state index contributed by atoms with van der Waals surface area (Å²) >= 11 is 0. The Kier molecular flexibility index (Phi) is 2.88. The molecule has 1 atom stereocenters. The summed E-state index contributed by atoms with van der Waals surface area (Å²) in [4.78, 5) is 15.4. The number of nitrogens with zero attached hydrogens (tertiary/aromatic N) is 2. The molecule has 1 aliphatic rings. The van der Waals surface area contributed by atoms with E-state index in [1.54, 1.807) is 0 Å². The lowest BCUT2D eigenvalue weighted by Gasteiger charge is -1.99. The average molecular weight is 220 g/mol. The highest BCUT2D eigenvalue weighted by atomic mass is 16.5. The van der Waals surface area contributed by atoms with E-state index in [9.17, 15) is 4.79 Å². The van der Waals surface area contributed by atoms with E-state index in [4.69, 9.17) is 16.7 Å². The van der Waals surface area contributed by atoms with Crippen LogP contribution in [0.1, 0.15) is 41.8 Å². The Hall–Kier alpha value is -1.87. The second-order valence-electron chi connectivity index (χ2n) is 3.72. The lowest BCUT2D eigenvalue weighted by molar-refractivity contribution is 0.0937. The fraction of sp³-hybridized carbons (Fsp3) is 0.500. The molecule has 84 valence electrons. The van der Waals surface area contributed by atoms with Crippen molar-refractivity contribution in [3.63, 3.8) is 0 Å². The van der Waals surface area contributed by atoms with Gasteiger partial charge in [-0.25, -0.2) is 0 Å². The average Bonchev–Trinajstić information content (AvgIpc) is 2.93. The molecule has 1 saturated carbocycles. The molecule has 6 heteroatoms. The number of amides is 1. The summed E-state index contributed by atoms with van der Waals surface area (Å²) in [5.74, 6) is 2.27. The molecule has 1 amide bonds. The molecular formula is C10H12N4O2. The van der Waals surface area contributed by atoms with Crippen molar-refractivity contribution in [2.75, 3.05) is 0 Å². The molecule has 6 nitrogen and oxygen atoms in total. The Balaban J connectivity index is 2.00. The number of hydrogen-bond donors (Lipinski definition) is 2. The summed E-state index contributed by atoms with van der Waals surface area (Å²) in [5, 5.41) is 6.30. The van der Waals surface area contributed by atoms with Crippen molar-refractivity contribution in [3.05, 3.63) is 11.7 Å². The van der Waals surface area contributed by atoms with Crippen LogP contribution in [0.25, 0.3) is 0 Å². The fourth-order valence-corrected chi connectivity index (χ4v) is 1.17. The van der Waals surface area contributed by atoms with Crippen LogP contribution in [0.5, 0.6) is 0 Å². The maximum atomic E-state index is 11.5. The number of rotatable bonds is 4. The normalized spacial score (nSPS) is 16.5. The van der Waals surface area contributed by atoms with Crippen LogP contribution in [-0.4, -0.2) is 22.1 Å². The molecule has 0 saturated heterocycles. The summed E-state index contributed by atoms with van der Waals surface area (Å²) in [5.41, 5.74) is 5.66. The molecule has 0 bridgehead atoms. The van der Waals surface area contributed by atoms with Gasteiger partial charge in [-0.1, -0.05) is 5.16 Å². The van der Waals surface area contributed by atoms with Gasteiger partial charge in [0.1, 0.15) is 0 Å². The maximum Gasteiger partial charge on any atom is 0.292 e. The molecular weight excluding hydrogens is 208 g/mol. The lowest BCUT2D eigenvalue weighted by Crippen LogP contribution is -2.26. The largest absolute Gasteiger partial charge is 0.346 e. The van der Waals surface area contributed by atoms with Gasteiger partial charge in [0, 0.05) is 12.5 Å². The molecule has 1 unspecified atom stereocenters. The number of carbonyl (C=O) groups is 1. The number of hydrogen-bond acceptors (Lipinski definition) is 5. The molecule has 1 heterocycles. The van der Waals surface area contributed by atoms with Gasteiger partial charge in [0.15, 0.2) is 0 Å². The first kappa shape index (κ1) is 10.6. The Bertz CT molecular complexity index is 430. The molecule has 1 aliphatic carbocycles. The number of nitrogens with one attached hydrogen (secondary N) is 1. The highest BCUT2D eigenvalue weighted by molar-refractivity contribution is 5.90. The third-order valence-corrected chi connectivity index (χ3v) is 2.21. The van der Waals surface area contributed by atoms with Gasteiger partial charge in [-0.05, 0) is 12.8 Å². The van der Waals surface area contributed by atoms with E-state index in [0.29, 0.717) is 6.42 Å². The van der Waals surface area contributed by atoms with E-state index in [1.165, 1.54) is 0 Å². The summed E-state index contributed by atoms with van der Waals surface area (Å²) < 4.78 is 4.86. The molecule has 0 aliphatic heterocycles. The van der Waals surface area contributed by atoms with E-state index < -0.39 is 6.04 Å². The van der Waals surface area contributed by atoms with Crippen LogP contribution in [0.3, 0.4) is 0 Å². The Labute approximate surface area is 92.6 Å². The standard InChI is InChI=1S/C10H12N4O2/c1-2-3-7(11)10-13-8(14-16-10)9(15)12-6-4-5-6/h1,6-7H,3-5,11H2,(H,12,15). The third-order valence-electron chi connectivity index (χ3n) is 2.21. The second-order valence-corrected chi connectivity index (χ2v) is 3.72. The zero-order chi connectivity index (χ0) is 11.5. The molecule has 16 heavy (non-hydrogen) atoms. The molecule has 1 aromatic rings. The van der Waals surface area contributed by atoms with Crippen LogP contribution in [0.15, 0.2) is 4.52 Å². The molecule has 1 fully saturated rings. The topological polar surface area (TPSA) is 94.0 Å². The number of terminal acetylenes is 1. The van der Waals surface area contributed by atoms with E-state index in [-0.39, 0.29) is 23.7 Å². The van der Waals surface area contributed by atoms with Gasteiger partial charge < -0.3 is 15.6 Å². The first-order valence-electron chi connectivity index (χ1n) is 5.04. The monoisotopic (exact) mass is 220 g/mol. The van der Waals surface area contributed by atoms with Crippen molar-refractivity contribution in [2.24, 2.45) is 5.73 Å². The van der Waals surface area contributed by atoms with Crippen molar-refractivity contribution in [3.8, 4) is 12.3 Å². The van der Waals surface area contributed by atoms with Crippen molar-refractivity contribution in [1.29, 1.82) is 0 Å². The molecule has 3 N–H and O–H groups in total. The van der Waals surface area contributed by atoms with Gasteiger partial charge in [-0.15, -0.1) is 12.3 Å². The minimum absolute atomic E-state index is 0.00868. The van der Waals surface area contributed by atoms with Gasteiger partial charge >= 0.3 is 0 Å². The number of carbonyl (C=O) groups excluding carboxylic acids is 1. The van der Waals surface area contributed by atoms with Gasteiger partial charge in [0.25, 0.3) is 11.7 Å². The zero-order valence-corrected chi connectivity index (χ0v) is 8.64. The van der Waals surface area contributed by atoms with E-state index in [2.05, 4.69) is 21.4 Å². The highest BCUT2D eigenvalue weighted by Gasteiger charge is 2.26. The maximum absolute atomic E-state index is 11.5. The van der Waals surface area contributed by atoms with Crippen molar-refractivity contribution in [1.82, 2.24) is 15.5 Å². The predicted octanol–water partition coefficient (Wildman–Crippen LogP) is -0.0151. The van der Waals surface area contributed by atoms with Crippen LogP contribution in [-0.2, 0) is 0 Å². The first-order chi connectivity index (χ1) is 7.70. The molecule has 0 radical (unpaired) electrons. The highest BCUT2D eigenvalue weighted by Crippen LogP contribution is 2.19. The van der Waals surface area contributed by atoms with Gasteiger partial charge in [0.2, 0.25) is 5.89 Å². The molecule has 0 spiro atoms. The molecule has 1 aromatic heterocycles. The first-order valence-corrected chi connectivity index (χ1v) is 5.04. The Morgan fingerprint density at radius 3 is 3.12 bits per heavy atom. The minimum atomic E-state index is -0.514. The Morgan fingerprint density at radius 1 is 1.75 bits per heavy atom. The quantitative estimate of drug-likeness (QED) is 0.696. The van der Waals surface area contributed by atoms with Crippen LogP contribution in [0.2, 0.25) is 0 Å². The van der Waals surface area contributed by atoms with E-state index in [1.807, 2.05) is 0 Å². The third kappa shape index (κ3) is 2.38. The summed E-state index contributed by atoms with van der Waals surface area (Å²) in [6, 6.07) is -0.256. The second kappa shape index (κ2) is 4.33. The van der Waals surface area contributed by atoms with Crippen molar-refractivity contribution >= 4 is 5.91 Å². The SMILES string of the molecule is C#CCC(N)c1nc(C(=O)NC2CC2)no1. The molecule has 0 aromatic carbocycles. The van der Waals surface area contributed by atoms with Gasteiger partial charge in [-0.2, -0.15) is 4.98 Å². The summed E-state index contributed by atoms with van der Waals surface area (Å²) in [6.07, 6.45) is 7.42. The molecule has 2 rings (SSSR count). The van der Waals surface area contributed by atoms with Crippen LogP contribution in [0, 0.1) is 12.3 Å². The van der Waals surface area contributed by atoms with E-state index in [0.717, 1.165) is 12.8 Å². The lowest BCUT2D eigenvalue weighted by atomic mass is 10.2. The smallest absolute Gasteiger partial charge is 0.292 e. The predicted molar refractivity (Wildman–Crippen MR) is 55.2 cm³/mol. The minimum Gasteiger partial charge on any atom is -0.346 e. The summed E-state index contributed by atoms with van der Waals surface area (Å²) in [7, 11) is 0. The van der Waals surface area contributed by atoms with Gasteiger partial charge in [-0.3, -0.25) is 4.79 Å². The van der Waals surface area contributed by atoms with E-state index >= 15 is 0 Å². The van der Waals surface area contributed by atoms with Crippen LogP contribution >= 0.6 is 0 Å². The Morgan fingerprint density at radius 2 is 2.50 bits per heavy atom. The van der Waals surface area contributed by atoms with Gasteiger partial charge in [0.05, 0.1) is 6.04 Å². The van der Waals surface area contributed by atoms with Crippen LogP contribution < -0.4 is 11.1 Å². The zero-order valence-electron chi connectivity index (χ0n) is 8.64.